The van der Waals surface area contributed by atoms with Crippen molar-refractivity contribution in [1.29, 1.82) is 0 Å². The summed E-state index contributed by atoms with van der Waals surface area (Å²) in [7, 11) is 0. The minimum Gasteiger partial charge on any atom is -0.330 e. The van der Waals surface area contributed by atoms with Gasteiger partial charge in [-0.15, -0.1) is 0 Å². The standard InChI is InChI=1S/C19H33N/c1-18-10-3-2-5-14(18)7-8-15-16(18)9-12-19(13-20)11-4-6-17(15)19/h14-17H,2-13,20H2,1H3/t14-,15+,16-,17+,18-,19-/m0/s1. The van der Waals surface area contributed by atoms with Gasteiger partial charge in [0.2, 0.25) is 0 Å². The van der Waals surface area contributed by atoms with Crippen molar-refractivity contribution >= 4 is 0 Å². The van der Waals surface area contributed by atoms with Crippen molar-refractivity contribution < 1.29 is 0 Å². The van der Waals surface area contributed by atoms with E-state index in [0.29, 0.717) is 10.8 Å². The zero-order chi connectivity index (χ0) is 13.8. The highest BCUT2D eigenvalue weighted by atomic mass is 14.7. The fraction of sp³-hybridized carbons (Fsp3) is 1.00. The minimum atomic E-state index is 0.568. The van der Waals surface area contributed by atoms with E-state index >= 15 is 0 Å². The van der Waals surface area contributed by atoms with Crippen LogP contribution >= 0.6 is 0 Å². The van der Waals surface area contributed by atoms with E-state index in [4.69, 9.17) is 5.73 Å². The Morgan fingerprint density at radius 1 is 0.850 bits per heavy atom. The molecule has 0 aromatic carbocycles. The minimum absolute atomic E-state index is 0.568. The van der Waals surface area contributed by atoms with E-state index in [0.717, 1.165) is 30.2 Å². The van der Waals surface area contributed by atoms with Crippen LogP contribution in [-0.4, -0.2) is 6.54 Å². The van der Waals surface area contributed by atoms with Gasteiger partial charge in [-0.1, -0.05) is 26.2 Å². The summed E-state index contributed by atoms with van der Waals surface area (Å²) in [6.45, 7) is 3.65. The van der Waals surface area contributed by atoms with Crippen molar-refractivity contribution in [2.24, 2.45) is 40.2 Å². The molecule has 0 aromatic heterocycles. The lowest BCUT2D eigenvalue weighted by Crippen LogP contribution is -2.53. The van der Waals surface area contributed by atoms with Crippen molar-refractivity contribution in [1.82, 2.24) is 0 Å². The molecule has 4 fully saturated rings. The van der Waals surface area contributed by atoms with E-state index in [2.05, 4.69) is 6.92 Å². The van der Waals surface area contributed by atoms with E-state index in [-0.39, 0.29) is 0 Å². The Morgan fingerprint density at radius 3 is 2.60 bits per heavy atom. The van der Waals surface area contributed by atoms with Gasteiger partial charge in [-0.2, -0.15) is 0 Å². The zero-order valence-corrected chi connectivity index (χ0v) is 13.4. The monoisotopic (exact) mass is 275 g/mol. The van der Waals surface area contributed by atoms with Crippen LogP contribution in [0.4, 0.5) is 0 Å². The molecule has 0 spiro atoms. The summed E-state index contributed by atoms with van der Waals surface area (Å²) >= 11 is 0. The third-order valence-electron chi connectivity index (χ3n) is 8.52. The van der Waals surface area contributed by atoms with Crippen LogP contribution in [0.2, 0.25) is 0 Å². The number of hydrogen-bond acceptors (Lipinski definition) is 1. The maximum Gasteiger partial charge on any atom is -0.00178 e. The van der Waals surface area contributed by atoms with E-state index in [9.17, 15) is 0 Å². The Labute approximate surface area is 125 Å². The van der Waals surface area contributed by atoms with Gasteiger partial charge in [-0.3, -0.25) is 0 Å². The first kappa shape index (κ1) is 13.6. The lowest BCUT2D eigenvalue weighted by atomic mass is 9.45. The molecule has 0 unspecified atom stereocenters. The molecule has 0 saturated heterocycles. The lowest BCUT2D eigenvalue weighted by Gasteiger charge is -2.60. The Kier molecular flexibility index (Phi) is 3.22. The van der Waals surface area contributed by atoms with Gasteiger partial charge in [0, 0.05) is 0 Å². The molecule has 1 nitrogen and oxygen atoms in total. The quantitative estimate of drug-likeness (QED) is 0.734. The van der Waals surface area contributed by atoms with Crippen molar-refractivity contribution in [3.8, 4) is 0 Å². The predicted molar refractivity (Wildman–Crippen MR) is 84.3 cm³/mol. The molecular weight excluding hydrogens is 242 g/mol. The van der Waals surface area contributed by atoms with Crippen LogP contribution in [0.5, 0.6) is 0 Å². The van der Waals surface area contributed by atoms with Crippen molar-refractivity contribution in [3.05, 3.63) is 0 Å². The van der Waals surface area contributed by atoms with Crippen molar-refractivity contribution in [3.63, 3.8) is 0 Å². The lowest BCUT2D eigenvalue weighted by molar-refractivity contribution is -0.105. The van der Waals surface area contributed by atoms with E-state index in [1.165, 1.54) is 70.6 Å². The number of hydrogen-bond donors (Lipinski definition) is 1. The van der Waals surface area contributed by atoms with Crippen LogP contribution in [0.15, 0.2) is 0 Å². The molecule has 1 heteroatoms. The summed E-state index contributed by atoms with van der Waals surface area (Å²) in [4.78, 5) is 0. The van der Waals surface area contributed by atoms with Gasteiger partial charge in [0.05, 0.1) is 0 Å². The van der Waals surface area contributed by atoms with Gasteiger partial charge in [-0.05, 0) is 92.4 Å². The van der Waals surface area contributed by atoms with E-state index in [1.54, 1.807) is 0 Å². The molecule has 0 bridgehead atoms. The summed E-state index contributed by atoms with van der Waals surface area (Å²) < 4.78 is 0. The third kappa shape index (κ3) is 1.71. The van der Waals surface area contributed by atoms with Gasteiger partial charge in [0.15, 0.2) is 0 Å². The Morgan fingerprint density at radius 2 is 1.75 bits per heavy atom. The van der Waals surface area contributed by atoms with Gasteiger partial charge >= 0.3 is 0 Å². The zero-order valence-electron chi connectivity index (χ0n) is 13.4. The van der Waals surface area contributed by atoms with Crippen LogP contribution in [0.25, 0.3) is 0 Å². The number of nitrogens with two attached hydrogens (primary N) is 1. The Balaban J connectivity index is 1.64. The fourth-order valence-corrected chi connectivity index (χ4v) is 7.44. The molecule has 2 N–H and O–H groups in total. The van der Waals surface area contributed by atoms with Crippen LogP contribution in [0.1, 0.15) is 77.6 Å². The number of fused-ring (bicyclic) bond motifs is 5. The topological polar surface area (TPSA) is 26.0 Å². The Hall–Kier alpha value is -0.0400. The first-order valence-corrected chi connectivity index (χ1v) is 9.40. The van der Waals surface area contributed by atoms with Crippen LogP contribution in [0.3, 0.4) is 0 Å². The Bertz CT molecular complexity index is 378. The molecule has 0 aromatic rings. The fourth-order valence-electron chi connectivity index (χ4n) is 7.44. The van der Waals surface area contributed by atoms with E-state index < -0.39 is 0 Å². The highest BCUT2D eigenvalue weighted by Gasteiger charge is 2.57. The summed E-state index contributed by atoms with van der Waals surface area (Å²) in [5, 5.41) is 0. The van der Waals surface area contributed by atoms with Gasteiger partial charge in [0.25, 0.3) is 0 Å². The second kappa shape index (κ2) is 4.73. The molecule has 0 amide bonds. The van der Waals surface area contributed by atoms with Crippen molar-refractivity contribution in [2.75, 3.05) is 6.54 Å². The highest BCUT2D eigenvalue weighted by Crippen LogP contribution is 2.65. The molecule has 114 valence electrons. The molecule has 4 rings (SSSR count). The third-order valence-corrected chi connectivity index (χ3v) is 8.52. The summed E-state index contributed by atoms with van der Waals surface area (Å²) in [6, 6.07) is 0. The second-order valence-electron chi connectivity index (χ2n) is 8.90. The van der Waals surface area contributed by atoms with Gasteiger partial charge in [0.1, 0.15) is 0 Å². The van der Waals surface area contributed by atoms with Gasteiger partial charge < -0.3 is 5.73 Å². The van der Waals surface area contributed by atoms with E-state index in [1.807, 2.05) is 0 Å². The largest absolute Gasteiger partial charge is 0.330 e. The molecule has 0 heterocycles. The highest BCUT2D eigenvalue weighted by molar-refractivity contribution is 5.08. The van der Waals surface area contributed by atoms with Crippen LogP contribution in [-0.2, 0) is 0 Å². The second-order valence-corrected chi connectivity index (χ2v) is 8.90. The molecule has 0 radical (unpaired) electrons. The van der Waals surface area contributed by atoms with Crippen LogP contribution in [0, 0.1) is 34.5 Å². The maximum atomic E-state index is 6.27. The van der Waals surface area contributed by atoms with Crippen LogP contribution < -0.4 is 5.73 Å². The SMILES string of the molecule is C[C@]12CCCC[C@H]1CC[C@H]1[C@H]3CCC[C@@]3(CN)CC[C@@H]12. The predicted octanol–water partition coefficient (Wildman–Crippen LogP) is 4.75. The molecule has 4 saturated carbocycles. The van der Waals surface area contributed by atoms with Gasteiger partial charge in [-0.25, -0.2) is 0 Å². The first-order chi connectivity index (χ1) is 9.70. The average molecular weight is 275 g/mol. The summed E-state index contributed by atoms with van der Waals surface area (Å²) in [6.07, 6.45) is 16.5. The smallest absolute Gasteiger partial charge is 0.00178 e. The average Bonchev–Trinajstić information content (AvgIpc) is 2.91. The molecule has 0 aliphatic heterocycles. The summed E-state index contributed by atoms with van der Waals surface area (Å²) in [5.74, 6) is 4.13. The summed E-state index contributed by atoms with van der Waals surface area (Å²) in [5.41, 5.74) is 7.53. The number of rotatable bonds is 1. The molecule has 20 heavy (non-hydrogen) atoms. The van der Waals surface area contributed by atoms with Crippen molar-refractivity contribution in [2.45, 2.75) is 77.6 Å². The molecule has 4 aliphatic rings. The first-order valence-electron chi connectivity index (χ1n) is 9.40. The normalized spacial score (nSPS) is 54.9. The molecule has 4 aliphatic carbocycles. The molecular formula is C19H33N. The maximum absolute atomic E-state index is 6.27. The molecule has 6 atom stereocenters.